The minimum atomic E-state index is -0.731. The number of carbonyl (C=O) groups is 2. The lowest BCUT2D eigenvalue weighted by atomic mass is 9.88. The Morgan fingerprint density at radius 3 is 2.52 bits per heavy atom. The second-order valence-corrected chi connectivity index (χ2v) is 6.03. The highest BCUT2D eigenvalue weighted by molar-refractivity contribution is 5.77. The number of hydrogen-bond acceptors (Lipinski definition) is 4. The summed E-state index contributed by atoms with van der Waals surface area (Å²) in [5.41, 5.74) is 0. The Balaban J connectivity index is 1.57. The maximum Gasteiger partial charge on any atom is 0.303 e. The Bertz CT molecular complexity index is 502. The number of carbonyl (C=O) groups excluding carboxylic acids is 1. The van der Waals surface area contributed by atoms with Gasteiger partial charge in [0.05, 0.1) is 6.54 Å². The first-order chi connectivity index (χ1) is 10.1. The highest BCUT2D eigenvalue weighted by Gasteiger charge is 2.43. The minimum Gasteiger partial charge on any atom is -0.481 e. The summed E-state index contributed by atoms with van der Waals surface area (Å²) in [6.07, 6.45) is 7.42. The van der Waals surface area contributed by atoms with Gasteiger partial charge in [0.25, 0.3) is 0 Å². The van der Waals surface area contributed by atoms with E-state index in [1.807, 2.05) is 4.90 Å². The number of carboxylic acid groups (broad SMARTS) is 1. The third-order valence-electron chi connectivity index (χ3n) is 4.60. The Hall–Kier alpha value is -1.92. The second kappa shape index (κ2) is 5.83. The van der Waals surface area contributed by atoms with Crippen molar-refractivity contribution < 1.29 is 14.7 Å². The lowest BCUT2D eigenvalue weighted by Gasteiger charge is -2.38. The maximum absolute atomic E-state index is 12.4. The minimum absolute atomic E-state index is 0.159. The van der Waals surface area contributed by atoms with Crippen molar-refractivity contribution in [3.63, 3.8) is 0 Å². The molecule has 1 aromatic heterocycles. The summed E-state index contributed by atoms with van der Waals surface area (Å²) >= 11 is 0. The molecular weight excluding hydrogens is 272 g/mol. The molecule has 2 bridgehead atoms. The van der Waals surface area contributed by atoms with Gasteiger partial charge in [0.2, 0.25) is 5.91 Å². The number of carboxylic acids is 1. The molecule has 0 spiro atoms. The Morgan fingerprint density at radius 2 is 1.95 bits per heavy atom. The first-order valence-electron chi connectivity index (χ1n) is 7.49. The van der Waals surface area contributed by atoms with Crippen LogP contribution >= 0.6 is 0 Å². The maximum atomic E-state index is 12.4. The van der Waals surface area contributed by atoms with Crippen LogP contribution in [0.2, 0.25) is 0 Å². The second-order valence-electron chi connectivity index (χ2n) is 6.03. The van der Waals surface area contributed by atoms with Crippen LogP contribution in [-0.4, -0.2) is 48.7 Å². The van der Waals surface area contributed by atoms with Crippen molar-refractivity contribution in [3.8, 4) is 0 Å². The van der Waals surface area contributed by atoms with E-state index in [2.05, 4.69) is 10.1 Å². The summed E-state index contributed by atoms with van der Waals surface area (Å²) in [5.74, 6) is -0.350. The average molecular weight is 292 g/mol. The van der Waals surface area contributed by atoms with Gasteiger partial charge in [-0.15, -0.1) is 0 Å². The van der Waals surface area contributed by atoms with Crippen molar-refractivity contribution >= 4 is 11.9 Å². The topological polar surface area (TPSA) is 88.3 Å². The molecule has 21 heavy (non-hydrogen) atoms. The van der Waals surface area contributed by atoms with Crippen molar-refractivity contribution in [1.29, 1.82) is 0 Å². The summed E-state index contributed by atoms with van der Waals surface area (Å²) in [4.78, 5) is 29.2. The molecule has 3 heterocycles. The van der Waals surface area contributed by atoms with E-state index in [4.69, 9.17) is 5.11 Å². The quantitative estimate of drug-likeness (QED) is 0.871. The first-order valence-corrected chi connectivity index (χ1v) is 7.49. The Labute approximate surface area is 123 Å². The Kier molecular flexibility index (Phi) is 3.90. The fourth-order valence-electron chi connectivity index (χ4n) is 3.80. The van der Waals surface area contributed by atoms with Crippen LogP contribution in [0.25, 0.3) is 0 Å². The number of fused-ring (bicyclic) bond motifs is 2. The molecule has 7 nitrogen and oxygen atoms in total. The number of amides is 1. The lowest BCUT2D eigenvalue weighted by molar-refractivity contribution is -0.140. The monoisotopic (exact) mass is 292 g/mol. The van der Waals surface area contributed by atoms with Gasteiger partial charge in [-0.3, -0.25) is 14.3 Å². The van der Waals surface area contributed by atoms with Gasteiger partial charge < -0.3 is 10.0 Å². The molecule has 0 radical (unpaired) electrons. The largest absolute Gasteiger partial charge is 0.481 e. The van der Waals surface area contributed by atoms with Crippen LogP contribution in [0.4, 0.5) is 0 Å². The number of nitrogens with zero attached hydrogens (tertiary/aromatic N) is 4. The SMILES string of the molecule is O=C(O)CC1CC2CCC(C1)N2C(=O)CCn1cncn1. The van der Waals surface area contributed by atoms with E-state index in [-0.39, 0.29) is 30.3 Å². The number of aliphatic carboxylic acids is 1. The molecule has 114 valence electrons. The van der Waals surface area contributed by atoms with E-state index >= 15 is 0 Å². The van der Waals surface area contributed by atoms with Gasteiger partial charge in [-0.1, -0.05) is 0 Å². The zero-order valence-corrected chi connectivity index (χ0v) is 11.9. The average Bonchev–Trinajstić information content (AvgIpc) is 3.02. The number of piperidine rings is 1. The smallest absolute Gasteiger partial charge is 0.303 e. The highest BCUT2D eigenvalue weighted by Crippen LogP contribution is 2.40. The van der Waals surface area contributed by atoms with Gasteiger partial charge in [0.15, 0.2) is 0 Å². The molecule has 3 rings (SSSR count). The molecule has 2 fully saturated rings. The van der Waals surface area contributed by atoms with Crippen LogP contribution in [0.3, 0.4) is 0 Å². The van der Waals surface area contributed by atoms with E-state index < -0.39 is 5.97 Å². The van der Waals surface area contributed by atoms with Crippen LogP contribution in [0.5, 0.6) is 0 Å². The molecule has 1 amide bonds. The van der Waals surface area contributed by atoms with Gasteiger partial charge in [-0.25, -0.2) is 4.98 Å². The van der Waals surface area contributed by atoms with Crippen LogP contribution < -0.4 is 0 Å². The van der Waals surface area contributed by atoms with Gasteiger partial charge in [-0.2, -0.15) is 5.10 Å². The van der Waals surface area contributed by atoms with Crippen molar-refractivity contribution in [3.05, 3.63) is 12.7 Å². The third kappa shape index (κ3) is 3.06. The van der Waals surface area contributed by atoms with Gasteiger partial charge in [0, 0.05) is 24.9 Å². The number of aryl methyl sites for hydroxylation is 1. The molecule has 1 aromatic rings. The molecule has 2 atom stereocenters. The predicted molar refractivity (Wildman–Crippen MR) is 73.3 cm³/mol. The molecule has 7 heteroatoms. The molecule has 2 aliphatic rings. The summed E-state index contributed by atoms with van der Waals surface area (Å²) < 4.78 is 1.66. The molecule has 2 saturated heterocycles. The van der Waals surface area contributed by atoms with Crippen LogP contribution in [0.1, 0.15) is 38.5 Å². The van der Waals surface area contributed by atoms with Gasteiger partial charge in [0.1, 0.15) is 12.7 Å². The molecule has 2 aliphatic heterocycles. The van der Waals surface area contributed by atoms with E-state index in [1.165, 1.54) is 6.33 Å². The molecule has 0 saturated carbocycles. The standard InChI is InChI=1S/C14H20N4O3/c19-13(3-4-17-9-15-8-16-17)18-11-1-2-12(18)6-10(5-11)7-14(20)21/h8-12H,1-7H2,(H,20,21). The van der Waals surface area contributed by atoms with E-state index in [0.717, 1.165) is 25.7 Å². The summed E-state index contributed by atoms with van der Waals surface area (Å²) in [6.45, 7) is 0.549. The normalized spacial score (nSPS) is 27.8. The predicted octanol–water partition coefficient (Wildman–Crippen LogP) is 0.912. The molecule has 0 aromatic carbocycles. The molecule has 1 N–H and O–H groups in total. The summed E-state index contributed by atoms with van der Waals surface area (Å²) in [7, 11) is 0. The van der Waals surface area contributed by atoms with Crippen molar-refractivity contribution in [2.75, 3.05) is 0 Å². The van der Waals surface area contributed by atoms with Crippen LogP contribution in [-0.2, 0) is 16.1 Å². The fraction of sp³-hybridized carbons (Fsp3) is 0.714. The van der Waals surface area contributed by atoms with Crippen LogP contribution in [0.15, 0.2) is 12.7 Å². The molecule has 0 aliphatic carbocycles. The third-order valence-corrected chi connectivity index (χ3v) is 4.60. The first kappa shape index (κ1) is 14.0. The zero-order chi connectivity index (χ0) is 14.8. The lowest BCUT2D eigenvalue weighted by Crippen LogP contribution is -2.47. The zero-order valence-electron chi connectivity index (χ0n) is 11.9. The fourth-order valence-corrected chi connectivity index (χ4v) is 3.80. The highest BCUT2D eigenvalue weighted by atomic mass is 16.4. The molecule has 2 unspecified atom stereocenters. The van der Waals surface area contributed by atoms with Gasteiger partial charge >= 0.3 is 5.97 Å². The number of hydrogen-bond donors (Lipinski definition) is 1. The van der Waals surface area contributed by atoms with E-state index in [1.54, 1.807) is 11.0 Å². The van der Waals surface area contributed by atoms with Crippen molar-refractivity contribution in [2.45, 2.75) is 57.2 Å². The summed E-state index contributed by atoms with van der Waals surface area (Å²) in [6, 6.07) is 0.465. The van der Waals surface area contributed by atoms with Crippen molar-refractivity contribution in [1.82, 2.24) is 19.7 Å². The molecular formula is C14H20N4O3. The van der Waals surface area contributed by atoms with E-state index in [9.17, 15) is 9.59 Å². The Morgan fingerprint density at radius 1 is 1.24 bits per heavy atom. The van der Waals surface area contributed by atoms with E-state index in [0.29, 0.717) is 13.0 Å². The number of aromatic nitrogens is 3. The van der Waals surface area contributed by atoms with Crippen molar-refractivity contribution in [2.24, 2.45) is 5.92 Å². The van der Waals surface area contributed by atoms with Gasteiger partial charge in [-0.05, 0) is 31.6 Å². The van der Waals surface area contributed by atoms with Crippen LogP contribution in [0, 0.1) is 5.92 Å². The number of rotatable bonds is 5. The summed E-state index contributed by atoms with van der Waals surface area (Å²) in [5, 5.41) is 12.9.